The van der Waals surface area contributed by atoms with E-state index in [9.17, 15) is 9.18 Å². The van der Waals surface area contributed by atoms with E-state index in [0.717, 1.165) is 19.1 Å². The Morgan fingerprint density at radius 3 is 2.67 bits per heavy atom. The molecule has 0 aromatic heterocycles. The van der Waals surface area contributed by atoms with Crippen molar-refractivity contribution in [1.29, 1.82) is 0 Å². The van der Waals surface area contributed by atoms with Gasteiger partial charge in [0.25, 0.3) is 0 Å². The van der Waals surface area contributed by atoms with E-state index in [4.69, 9.17) is 0 Å². The maximum Gasteiger partial charge on any atom is 0.120 e. The average molecular weight is 130 g/mol. The van der Waals surface area contributed by atoms with Crippen LogP contribution in [0.5, 0.6) is 0 Å². The molecule has 1 nitrogen and oxygen atoms in total. The number of alkyl halides is 1. The SMILES string of the molecule is O=CCC(CF)C1CC1. The zero-order chi connectivity index (χ0) is 6.69. The summed E-state index contributed by atoms with van der Waals surface area (Å²) in [5.41, 5.74) is 0. The van der Waals surface area contributed by atoms with Crippen LogP contribution in [0.3, 0.4) is 0 Å². The van der Waals surface area contributed by atoms with Crippen LogP contribution in [0.15, 0.2) is 0 Å². The minimum absolute atomic E-state index is 0.0440. The summed E-state index contributed by atoms with van der Waals surface area (Å²) in [5.74, 6) is 0.572. The summed E-state index contributed by atoms with van der Waals surface area (Å²) >= 11 is 0. The highest BCUT2D eigenvalue weighted by Gasteiger charge is 2.30. The van der Waals surface area contributed by atoms with Gasteiger partial charge in [0.05, 0.1) is 6.67 Å². The molecule has 1 atom stereocenters. The summed E-state index contributed by atoms with van der Waals surface area (Å²) in [4.78, 5) is 9.94. The molecule has 0 heterocycles. The van der Waals surface area contributed by atoms with Gasteiger partial charge in [0.15, 0.2) is 0 Å². The Morgan fingerprint density at radius 1 is 1.67 bits per heavy atom. The number of carbonyl (C=O) groups excluding carboxylic acids is 1. The van der Waals surface area contributed by atoms with Crippen molar-refractivity contribution in [2.45, 2.75) is 19.3 Å². The molecule has 1 aliphatic rings. The second-order valence-electron chi connectivity index (χ2n) is 2.65. The summed E-state index contributed by atoms with van der Waals surface area (Å²) < 4.78 is 12.0. The molecule has 0 aromatic rings. The second-order valence-corrected chi connectivity index (χ2v) is 2.65. The molecule has 2 heteroatoms. The first-order chi connectivity index (χ1) is 4.38. The lowest BCUT2D eigenvalue weighted by Gasteiger charge is -2.04. The number of hydrogen-bond acceptors (Lipinski definition) is 1. The molecule has 9 heavy (non-hydrogen) atoms. The van der Waals surface area contributed by atoms with Crippen molar-refractivity contribution in [1.82, 2.24) is 0 Å². The summed E-state index contributed by atoms with van der Waals surface area (Å²) in [5, 5.41) is 0. The van der Waals surface area contributed by atoms with E-state index < -0.39 is 0 Å². The van der Waals surface area contributed by atoms with Gasteiger partial charge in [-0.3, -0.25) is 4.39 Å². The van der Waals surface area contributed by atoms with Gasteiger partial charge >= 0.3 is 0 Å². The van der Waals surface area contributed by atoms with Crippen LogP contribution in [-0.4, -0.2) is 13.0 Å². The monoisotopic (exact) mass is 130 g/mol. The maximum absolute atomic E-state index is 12.0. The Hall–Kier alpha value is -0.400. The average Bonchev–Trinajstić information content (AvgIpc) is 2.64. The van der Waals surface area contributed by atoms with E-state index in [-0.39, 0.29) is 12.6 Å². The van der Waals surface area contributed by atoms with E-state index in [1.54, 1.807) is 0 Å². The Kier molecular flexibility index (Phi) is 2.20. The first-order valence-corrected chi connectivity index (χ1v) is 3.38. The Bertz CT molecular complexity index is 99.1. The number of aldehydes is 1. The molecule has 0 amide bonds. The first-order valence-electron chi connectivity index (χ1n) is 3.38. The van der Waals surface area contributed by atoms with E-state index >= 15 is 0 Å². The fourth-order valence-electron chi connectivity index (χ4n) is 1.07. The molecule has 1 saturated carbocycles. The van der Waals surface area contributed by atoms with Crippen LogP contribution in [0.4, 0.5) is 4.39 Å². The molecular weight excluding hydrogens is 119 g/mol. The smallest absolute Gasteiger partial charge is 0.120 e. The molecule has 0 saturated heterocycles. The molecule has 0 aromatic carbocycles. The standard InChI is InChI=1S/C7H11FO/c8-5-7(3-4-9)6-1-2-6/h4,6-7H,1-3,5H2. The predicted molar refractivity (Wildman–Crippen MR) is 32.9 cm³/mol. The largest absolute Gasteiger partial charge is 0.303 e. The van der Waals surface area contributed by atoms with E-state index in [1.807, 2.05) is 0 Å². The summed E-state index contributed by atoms with van der Waals surface area (Å²) in [6, 6.07) is 0. The molecule has 1 fully saturated rings. The number of rotatable bonds is 4. The van der Waals surface area contributed by atoms with Gasteiger partial charge in [-0.15, -0.1) is 0 Å². The van der Waals surface area contributed by atoms with Crippen LogP contribution >= 0.6 is 0 Å². The van der Waals surface area contributed by atoms with Crippen molar-refractivity contribution in [2.24, 2.45) is 11.8 Å². The lowest BCUT2D eigenvalue weighted by molar-refractivity contribution is -0.108. The number of carbonyl (C=O) groups is 1. The van der Waals surface area contributed by atoms with Crippen molar-refractivity contribution in [3.63, 3.8) is 0 Å². The molecule has 1 unspecified atom stereocenters. The molecule has 1 aliphatic carbocycles. The van der Waals surface area contributed by atoms with E-state index in [0.29, 0.717) is 12.3 Å². The topological polar surface area (TPSA) is 17.1 Å². The fraction of sp³-hybridized carbons (Fsp3) is 0.857. The van der Waals surface area contributed by atoms with Crippen molar-refractivity contribution >= 4 is 6.29 Å². The minimum Gasteiger partial charge on any atom is -0.303 e. The highest BCUT2D eigenvalue weighted by Crippen LogP contribution is 2.38. The molecule has 0 bridgehead atoms. The molecule has 1 rings (SSSR count). The van der Waals surface area contributed by atoms with Crippen LogP contribution in [0.25, 0.3) is 0 Å². The van der Waals surface area contributed by atoms with E-state index in [1.165, 1.54) is 0 Å². The first kappa shape index (κ1) is 6.72. The molecule has 0 spiro atoms. The van der Waals surface area contributed by atoms with Crippen LogP contribution in [0.2, 0.25) is 0 Å². The van der Waals surface area contributed by atoms with Crippen LogP contribution < -0.4 is 0 Å². The second kappa shape index (κ2) is 2.95. The van der Waals surface area contributed by atoms with Crippen molar-refractivity contribution < 1.29 is 9.18 Å². The summed E-state index contributed by atoms with van der Waals surface area (Å²) in [6.07, 6.45) is 3.49. The van der Waals surface area contributed by atoms with Crippen molar-refractivity contribution in [3.8, 4) is 0 Å². The number of hydrogen-bond donors (Lipinski definition) is 0. The van der Waals surface area contributed by atoms with Crippen LogP contribution in [-0.2, 0) is 4.79 Å². The zero-order valence-electron chi connectivity index (χ0n) is 5.35. The van der Waals surface area contributed by atoms with Crippen LogP contribution in [0, 0.1) is 11.8 Å². The van der Waals surface area contributed by atoms with Gasteiger partial charge in [-0.25, -0.2) is 0 Å². The molecule has 0 N–H and O–H groups in total. The van der Waals surface area contributed by atoms with Gasteiger partial charge in [-0.1, -0.05) is 0 Å². The van der Waals surface area contributed by atoms with Crippen molar-refractivity contribution in [3.05, 3.63) is 0 Å². The van der Waals surface area contributed by atoms with Gasteiger partial charge in [0, 0.05) is 6.42 Å². The zero-order valence-corrected chi connectivity index (χ0v) is 5.35. The highest BCUT2D eigenvalue weighted by atomic mass is 19.1. The van der Waals surface area contributed by atoms with E-state index in [2.05, 4.69) is 0 Å². The van der Waals surface area contributed by atoms with Crippen LogP contribution in [0.1, 0.15) is 19.3 Å². The summed E-state index contributed by atoms with van der Waals surface area (Å²) in [6.45, 7) is -0.316. The Balaban J connectivity index is 2.20. The third kappa shape index (κ3) is 1.77. The fourth-order valence-corrected chi connectivity index (χ4v) is 1.07. The van der Waals surface area contributed by atoms with Gasteiger partial charge in [0.1, 0.15) is 6.29 Å². The molecule has 0 aliphatic heterocycles. The van der Waals surface area contributed by atoms with Crippen molar-refractivity contribution in [2.75, 3.05) is 6.67 Å². The Morgan fingerprint density at radius 2 is 2.33 bits per heavy atom. The summed E-state index contributed by atoms with van der Waals surface area (Å²) in [7, 11) is 0. The molecule has 52 valence electrons. The minimum atomic E-state index is -0.316. The van der Waals surface area contributed by atoms with Gasteiger partial charge in [0.2, 0.25) is 0 Å². The lowest BCUT2D eigenvalue weighted by Crippen LogP contribution is -2.05. The maximum atomic E-state index is 12.0. The van der Waals surface area contributed by atoms with Gasteiger partial charge in [-0.2, -0.15) is 0 Å². The third-order valence-electron chi connectivity index (χ3n) is 1.89. The number of halogens is 1. The molecular formula is C7H11FO. The normalized spacial score (nSPS) is 21.4. The quantitative estimate of drug-likeness (QED) is 0.528. The molecule has 0 radical (unpaired) electrons. The lowest BCUT2D eigenvalue weighted by atomic mass is 10.0. The third-order valence-corrected chi connectivity index (χ3v) is 1.89. The van der Waals surface area contributed by atoms with Gasteiger partial charge in [-0.05, 0) is 24.7 Å². The predicted octanol–water partition coefficient (Wildman–Crippen LogP) is 1.57. The Labute approximate surface area is 54.3 Å². The highest BCUT2D eigenvalue weighted by molar-refractivity contribution is 5.49. The van der Waals surface area contributed by atoms with Gasteiger partial charge < -0.3 is 4.79 Å².